The van der Waals surface area contributed by atoms with Crippen LogP contribution in [0.15, 0.2) is 12.4 Å². The molecule has 0 atom stereocenters. The van der Waals surface area contributed by atoms with Gasteiger partial charge in [-0.25, -0.2) is 0 Å². The highest BCUT2D eigenvalue weighted by Crippen LogP contribution is 1.98. The topological polar surface area (TPSA) is 35.1 Å². The lowest BCUT2D eigenvalue weighted by atomic mass is 10.9. The van der Waals surface area contributed by atoms with Crippen LogP contribution in [-0.2, 0) is 18.9 Å². The van der Waals surface area contributed by atoms with Crippen LogP contribution in [0.3, 0.4) is 0 Å². The standard InChI is InChI=1S/C6H9N2O2/c1-7-3-4-8(2)6(7)10-5-9/h3-5H,1-2H3/q+1. The minimum Gasteiger partial charge on any atom is -0.360 e. The average Bonchev–Trinajstić information content (AvgIpc) is 2.20. The number of ether oxygens (including phenoxy) is 1. The van der Waals surface area contributed by atoms with Crippen LogP contribution in [0.2, 0.25) is 0 Å². The zero-order valence-electron chi connectivity index (χ0n) is 5.94. The summed E-state index contributed by atoms with van der Waals surface area (Å²) in [5.41, 5.74) is 0. The molecule has 54 valence electrons. The van der Waals surface area contributed by atoms with E-state index in [0.717, 1.165) is 0 Å². The summed E-state index contributed by atoms with van der Waals surface area (Å²) < 4.78 is 8.09. The third-order valence-electron chi connectivity index (χ3n) is 1.27. The molecular weight excluding hydrogens is 132 g/mol. The van der Waals surface area contributed by atoms with Gasteiger partial charge in [0, 0.05) is 0 Å². The highest BCUT2D eigenvalue weighted by atomic mass is 16.5. The minimum atomic E-state index is 0.412. The third-order valence-corrected chi connectivity index (χ3v) is 1.27. The van der Waals surface area contributed by atoms with Crippen molar-refractivity contribution in [1.82, 2.24) is 4.57 Å². The molecule has 0 saturated heterocycles. The molecule has 4 heteroatoms. The Morgan fingerprint density at radius 1 is 1.80 bits per heavy atom. The number of hydrogen-bond donors (Lipinski definition) is 0. The lowest BCUT2D eigenvalue weighted by Crippen LogP contribution is -2.28. The zero-order chi connectivity index (χ0) is 7.56. The van der Waals surface area contributed by atoms with E-state index in [1.54, 1.807) is 35.6 Å². The monoisotopic (exact) mass is 141 g/mol. The number of nitrogens with zero attached hydrogens (tertiary/aromatic N) is 2. The summed E-state index contributed by atoms with van der Waals surface area (Å²) >= 11 is 0. The Kier molecular flexibility index (Phi) is 1.71. The van der Waals surface area contributed by atoms with E-state index in [2.05, 4.69) is 4.74 Å². The zero-order valence-corrected chi connectivity index (χ0v) is 5.94. The third kappa shape index (κ3) is 1.00. The van der Waals surface area contributed by atoms with Gasteiger partial charge in [-0.15, -0.1) is 0 Å². The van der Waals surface area contributed by atoms with Gasteiger partial charge >= 0.3 is 12.5 Å². The van der Waals surface area contributed by atoms with Gasteiger partial charge in [-0.2, -0.15) is 9.13 Å². The van der Waals surface area contributed by atoms with Crippen molar-refractivity contribution in [3.8, 4) is 6.01 Å². The van der Waals surface area contributed by atoms with Crippen molar-refractivity contribution in [2.75, 3.05) is 0 Å². The fraction of sp³-hybridized carbons (Fsp3) is 0.333. The molecule has 1 aromatic rings. The van der Waals surface area contributed by atoms with Gasteiger partial charge in [0.05, 0.1) is 14.1 Å². The molecule has 0 unspecified atom stereocenters. The summed E-state index contributed by atoms with van der Waals surface area (Å²) in [4.78, 5) is 9.93. The first-order chi connectivity index (χ1) is 4.75. The van der Waals surface area contributed by atoms with Crippen molar-refractivity contribution in [2.24, 2.45) is 14.1 Å². The van der Waals surface area contributed by atoms with Gasteiger partial charge in [0.25, 0.3) is 0 Å². The van der Waals surface area contributed by atoms with Crippen molar-refractivity contribution in [3.63, 3.8) is 0 Å². The van der Waals surface area contributed by atoms with Crippen LogP contribution in [0.1, 0.15) is 0 Å². The first kappa shape index (κ1) is 6.80. The van der Waals surface area contributed by atoms with Crippen LogP contribution in [0.25, 0.3) is 0 Å². The van der Waals surface area contributed by atoms with E-state index >= 15 is 0 Å². The van der Waals surface area contributed by atoms with E-state index in [-0.39, 0.29) is 0 Å². The summed E-state index contributed by atoms with van der Waals surface area (Å²) in [5.74, 6) is 0. The molecule has 0 aliphatic carbocycles. The summed E-state index contributed by atoms with van der Waals surface area (Å²) in [6, 6.07) is 0.523. The van der Waals surface area contributed by atoms with E-state index in [4.69, 9.17) is 0 Å². The van der Waals surface area contributed by atoms with Crippen LogP contribution < -0.4 is 9.30 Å². The minimum absolute atomic E-state index is 0.412. The summed E-state index contributed by atoms with van der Waals surface area (Å²) in [5, 5.41) is 0. The van der Waals surface area contributed by atoms with Gasteiger partial charge in [0.2, 0.25) is 0 Å². The number of carbonyl (C=O) groups excluding carboxylic acids is 1. The van der Waals surface area contributed by atoms with Crippen molar-refractivity contribution >= 4 is 6.47 Å². The fourth-order valence-corrected chi connectivity index (χ4v) is 0.786. The first-order valence-corrected chi connectivity index (χ1v) is 2.87. The lowest BCUT2D eigenvalue weighted by molar-refractivity contribution is -0.674. The Hall–Kier alpha value is -1.32. The largest absolute Gasteiger partial charge is 0.463 e. The highest BCUT2D eigenvalue weighted by Gasteiger charge is 2.10. The Morgan fingerprint density at radius 3 is 2.90 bits per heavy atom. The van der Waals surface area contributed by atoms with Gasteiger partial charge in [-0.05, 0) is 0 Å². The number of hydrogen-bond acceptors (Lipinski definition) is 2. The molecule has 0 saturated carbocycles. The van der Waals surface area contributed by atoms with Gasteiger partial charge < -0.3 is 4.74 Å². The maximum atomic E-state index is 9.93. The van der Waals surface area contributed by atoms with Gasteiger partial charge in [0.15, 0.2) is 0 Å². The Morgan fingerprint density at radius 2 is 2.50 bits per heavy atom. The first-order valence-electron chi connectivity index (χ1n) is 2.87. The van der Waals surface area contributed by atoms with Crippen LogP contribution in [0.5, 0.6) is 6.01 Å². The predicted molar refractivity (Wildman–Crippen MR) is 33.3 cm³/mol. The number of imidazole rings is 1. The normalized spacial score (nSPS) is 9.40. The quantitative estimate of drug-likeness (QED) is 0.406. The molecule has 0 fully saturated rings. The second kappa shape index (κ2) is 2.51. The van der Waals surface area contributed by atoms with Crippen molar-refractivity contribution < 1.29 is 14.1 Å². The van der Waals surface area contributed by atoms with E-state index in [0.29, 0.717) is 12.5 Å². The molecule has 1 heterocycles. The number of aryl methyl sites for hydroxylation is 2. The molecule has 10 heavy (non-hydrogen) atoms. The number of aromatic nitrogens is 2. The van der Waals surface area contributed by atoms with Crippen LogP contribution in [0, 0.1) is 0 Å². The highest BCUT2D eigenvalue weighted by molar-refractivity contribution is 5.40. The van der Waals surface area contributed by atoms with Gasteiger partial charge in [-0.3, -0.25) is 4.79 Å². The summed E-state index contributed by atoms with van der Waals surface area (Å²) in [7, 11) is 3.61. The SMILES string of the molecule is Cn1cc[n+](C)c1OC=O. The summed E-state index contributed by atoms with van der Waals surface area (Å²) in [6.45, 7) is 0.412. The molecule has 4 nitrogen and oxygen atoms in total. The fourth-order valence-electron chi connectivity index (χ4n) is 0.786. The molecule has 0 radical (unpaired) electrons. The van der Waals surface area contributed by atoms with Crippen molar-refractivity contribution in [1.29, 1.82) is 0 Å². The number of carbonyl (C=O) groups is 1. The summed E-state index contributed by atoms with van der Waals surface area (Å²) in [6.07, 6.45) is 3.61. The maximum Gasteiger partial charge on any atom is 0.463 e. The van der Waals surface area contributed by atoms with Crippen molar-refractivity contribution in [2.45, 2.75) is 0 Å². The Balaban J connectivity index is 2.97. The molecular formula is C6H9N2O2+. The molecule has 0 amide bonds. The molecule has 1 rings (SSSR count). The Labute approximate surface area is 58.7 Å². The molecule has 0 spiro atoms. The molecule has 0 N–H and O–H groups in total. The van der Waals surface area contributed by atoms with Crippen LogP contribution in [-0.4, -0.2) is 11.0 Å². The molecule has 0 aliphatic rings. The molecule has 0 aliphatic heterocycles. The lowest BCUT2D eigenvalue weighted by Gasteiger charge is -1.90. The average molecular weight is 141 g/mol. The second-order valence-electron chi connectivity index (χ2n) is 2.02. The van der Waals surface area contributed by atoms with E-state index < -0.39 is 0 Å². The Bertz CT molecular complexity index is 222. The van der Waals surface area contributed by atoms with E-state index in [1.165, 1.54) is 0 Å². The molecule has 1 aromatic heterocycles. The van der Waals surface area contributed by atoms with Crippen LogP contribution >= 0.6 is 0 Å². The van der Waals surface area contributed by atoms with E-state index in [1.807, 2.05) is 0 Å². The van der Waals surface area contributed by atoms with E-state index in [9.17, 15) is 4.79 Å². The molecule has 0 aromatic carbocycles. The van der Waals surface area contributed by atoms with Crippen molar-refractivity contribution in [3.05, 3.63) is 12.4 Å². The second-order valence-corrected chi connectivity index (χ2v) is 2.02. The smallest absolute Gasteiger partial charge is 0.360 e. The van der Waals surface area contributed by atoms with Crippen LogP contribution in [0.4, 0.5) is 0 Å². The maximum absolute atomic E-state index is 9.93. The van der Waals surface area contributed by atoms with Gasteiger partial charge in [-0.1, -0.05) is 0 Å². The number of rotatable bonds is 2. The predicted octanol–water partition coefficient (Wildman–Crippen LogP) is -0.615. The molecule has 0 bridgehead atoms. The van der Waals surface area contributed by atoms with Gasteiger partial charge in [0.1, 0.15) is 12.4 Å².